The largest absolute Gasteiger partial charge is 0.508 e. The van der Waals surface area contributed by atoms with Crippen molar-refractivity contribution in [2.24, 2.45) is 11.8 Å². The molecule has 1 aromatic carbocycles. The van der Waals surface area contributed by atoms with Gasteiger partial charge in [-0.25, -0.2) is 18.0 Å². The smallest absolute Gasteiger partial charge is 0.464 e. The molecule has 0 N–H and O–H groups in total. The number of carbonyl (C=O) groups is 3. The van der Waals surface area contributed by atoms with Crippen LogP contribution in [0.1, 0.15) is 48.5 Å². The summed E-state index contributed by atoms with van der Waals surface area (Å²) in [5.74, 6) is -2.66. The van der Waals surface area contributed by atoms with Crippen LogP contribution in [0.5, 0.6) is 0 Å². The van der Waals surface area contributed by atoms with Crippen LogP contribution in [0, 0.1) is 11.8 Å². The normalized spacial score (nSPS) is 20.2. The fourth-order valence-electron chi connectivity index (χ4n) is 4.60. The van der Waals surface area contributed by atoms with Crippen molar-refractivity contribution in [1.82, 2.24) is 4.90 Å². The predicted molar refractivity (Wildman–Crippen MR) is 157 cm³/mol. The Balaban J connectivity index is 2.52. The quantitative estimate of drug-likeness (QED) is 0.132. The Bertz CT molecular complexity index is 1190. The summed E-state index contributed by atoms with van der Waals surface area (Å²) in [5.41, 5.74) is 0. The molecule has 0 aromatic heterocycles. The molecule has 1 heterocycles. The van der Waals surface area contributed by atoms with Gasteiger partial charge in [0.05, 0.1) is 36.2 Å². The first kappa shape index (κ1) is 34.5. The van der Waals surface area contributed by atoms with Gasteiger partial charge in [-0.2, -0.15) is 0 Å². The highest BCUT2D eigenvalue weighted by molar-refractivity contribution is 7.92. The lowest BCUT2D eigenvalue weighted by atomic mass is 9.76. The van der Waals surface area contributed by atoms with Crippen LogP contribution in [-0.2, 0) is 38.1 Å². The van der Waals surface area contributed by atoms with E-state index in [4.69, 9.17) is 18.6 Å². The average molecular weight is 612 g/mol. The van der Waals surface area contributed by atoms with Crippen LogP contribution < -0.4 is 0 Å². The summed E-state index contributed by atoms with van der Waals surface area (Å²) in [6.45, 7) is 17.4. The Labute approximate surface area is 245 Å². The third-order valence-corrected chi connectivity index (χ3v) is 14.2. The van der Waals surface area contributed by atoms with Crippen molar-refractivity contribution in [1.29, 1.82) is 0 Å². The maximum absolute atomic E-state index is 13.9. The van der Waals surface area contributed by atoms with Crippen molar-refractivity contribution in [2.75, 3.05) is 19.8 Å². The summed E-state index contributed by atoms with van der Waals surface area (Å²) in [7, 11) is -6.65. The van der Waals surface area contributed by atoms with E-state index >= 15 is 0 Å². The highest BCUT2D eigenvalue weighted by atomic mass is 32.2. The minimum Gasteiger partial charge on any atom is -0.464 e. The zero-order valence-corrected chi connectivity index (χ0v) is 27.4. The van der Waals surface area contributed by atoms with E-state index in [0.29, 0.717) is 0 Å². The van der Waals surface area contributed by atoms with Gasteiger partial charge < -0.3 is 23.5 Å². The van der Waals surface area contributed by atoms with Crippen molar-refractivity contribution < 1.29 is 41.4 Å². The zero-order chi connectivity index (χ0) is 31.2. The minimum atomic E-state index is -4.34. The molecule has 1 aliphatic heterocycles. The highest BCUT2D eigenvalue weighted by Gasteiger charge is 2.60. The molecule has 0 spiro atoms. The number of hydrogen-bond donors (Lipinski definition) is 0. The number of sulfone groups is 1. The van der Waals surface area contributed by atoms with Crippen LogP contribution in [-0.4, -0.2) is 77.0 Å². The second-order valence-corrected chi connectivity index (χ2v) is 18.4. The first-order valence-corrected chi connectivity index (χ1v) is 18.4. The van der Waals surface area contributed by atoms with Crippen LogP contribution in [0.2, 0.25) is 18.1 Å². The molecule has 1 unspecified atom stereocenters. The van der Waals surface area contributed by atoms with Crippen LogP contribution in [0.3, 0.4) is 0 Å². The van der Waals surface area contributed by atoms with E-state index in [-0.39, 0.29) is 29.8 Å². The number of esters is 1. The third-order valence-electron chi connectivity index (χ3n) is 7.67. The molecule has 5 atom stereocenters. The lowest BCUT2D eigenvalue weighted by molar-refractivity contribution is -0.175. The molecule has 0 saturated carbocycles. The van der Waals surface area contributed by atoms with Gasteiger partial charge in [-0.05, 0) is 57.0 Å². The molecule has 12 heteroatoms. The van der Waals surface area contributed by atoms with E-state index in [1.807, 2.05) is 13.8 Å². The summed E-state index contributed by atoms with van der Waals surface area (Å²) in [6, 6.07) is 6.83. The maximum Gasteiger partial charge on any atom is 0.508 e. The summed E-state index contributed by atoms with van der Waals surface area (Å²) >= 11 is 0. The molecule has 1 aliphatic rings. The van der Waals surface area contributed by atoms with Gasteiger partial charge in [-0.15, -0.1) is 0 Å². The predicted octanol–water partition coefficient (Wildman–Crippen LogP) is 4.95. The number of carbonyl (C=O) groups excluding carboxylic acids is 3. The molecule has 1 saturated heterocycles. The number of rotatable bonds is 13. The van der Waals surface area contributed by atoms with E-state index in [9.17, 15) is 22.8 Å². The maximum atomic E-state index is 13.9. The van der Waals surface area contributed by atoms with E-state index < -0.39 is 65.5 Å². The Morgan fingerprint density at radius 2 is 1.61 bits per heavy atom. The number of nitrogens with zero attached hydrogens (tertiary/aromatic N) is 1. The van der Waals surface area contributed by atoms with E-state index in [1.165, 1.54) is 12.1 Å². The zero-order valence-electron chi connectivity index (χ0n) is 25.6. The molecule has 1 fully saturated rings. The number of ether oxygens (including phenoxy) is 3. The Hall–Kier alpha value is -2.70. The highest BCUT2D eigenvalue weighted by Crippen LogP contribution is 2.44. The molecule has 10 nitrogen and oxygen atoms in total. The molecule has 2 rings (SSSR count). The molecule has 41 heavy (non-hydrogen) atoms. The van der Waals surface area contributed by atoms with Gasteiger partial charge >= 0.3 is 12.1 Å². The minimum absolute atomic E-state index is 0.0543. The Kier molecular flexibility index (Phi) is 11.8. The van der Waals surface area contributed by atoms with Gasteiger partial charge in [-0.3, -0.25) is 4.79 Å². The second kappa shape index (κ2) is 14.0. The molecule has 1 amide bonds. The van der Waals surface area contributed by atoms with Gasteiger partial charge in [0.2, 0.25) is 21.1 Å². The number of amides is 1. The molecule has 0 bridgehead atoms. The van der Waals surface area contributed by atoms with Crippen molar-refractivity contribution >= 4 is 36.2 Å². The van der Waals surface area contributed by atoms with Crippen molar-refractivity contribution in [3.8, 4) is 0 Å². The monoisotopic (exact) mass is 611 g/mol. The molecular weight excluding hydrogens is 566 g/mol. The standard InChI is InChI=1S/C29H45NO9SSi/c1-10-36-27(32)26(40(34,35)22-17-13-12-14-18-22)30-24(20(3)16-15-19-38-28(33)37-11-2)23(25(30)31)21(4)39-41(8,9)29(5,6)7/h12-18,20-21,23-24,26H,10-11,19H2,1-9H3/b16-15+/t20-,21+,23+,24+,26?/m0/s1. The summed E-state index contributed by atoms with van der Waals surface area (Å²) in [4.78, 5) is 39.7. The number of likely N-dealkylation sites (tertiary alicyclic amines) is 1. The molecule has 1 aromatic rings. The summed E-state index contributed by atoms with van der Waals surface area (Å²) < 4.78 is 49.2. The average Bonchev–Trinajstić information content (AvgIpc) is 2.87. The number of β-lactam (4-membered cyclic amide) rings is 1. The van der Waals surface area contributed by atoms with Gasteiger partial charge in [0.15, 0.2) is 8.32 Å². The van der Waals surface area contributed by atoms with Gasteiger partial charge in [0.25, 0.3) is 0 Å². The van der Waals surface area contributed by atoms with E-state index in [1.54, 1.807) is 44.2 Å². The topological polar surface area (TPSA) is 126 Å². The second-order valence-electron chi connectivity index (χ2n) is 11.6. The third kappa shape index (κ3) is 7.98. The van der Waals surface area contributed by atoms with Crippen LogP contribution in [0.4, 0.5) is 4.79 Å². The molecule has 0 aliphatic carbocycles. The Morgan fingerprint density at radius 3 is 2.15 bits per heavy atom. The summed E-state index contributed by atoms with van der Waals surface area (Å²) in [5, 5.41) is -1.99. The van der Waals surface area contributed by atoms with E-state index in [0.717, 1.165) is 4.90 Å². The fourth-order valence-corrected chi connectivity index (χ4v) is 7.69. The van der Waals surface area contributed by atoms with Crippen molar-refractivity contribution in [2.45, 2.75) is 89.0 Å². The van der Waals surface area contributed by atoms with E-state index in [2.05, 4.69) is 33.9 Å². The Morgan fingerprint density at radius 1 is 1.02 bits per heavy atom. The number of benzene rings is 1. The summed E-state index contributed by atoms with van der Waals surface area (Å²) in [6.07, 6.45) is 1.98. The first-order chi connectivity index (χ1) is 19.0. The van der Waals surface area contributed by atoms with Gasteiger partial charge in [0, 0.05) is 0 Å². The molecule has 230 valence electrons. The number of hydrogen-bond acceptors (Lipinski definition) is 9. The van der Waals surface area contributed by atoms with Crippen molar-refractivity contribution in [3.05, 3.63) is 42.5 Å². The van der Waals surface area contributed by atoms with Crippen molar-refractivity contribution in [3.63, 3.8) is 0 Å². The molecule has 0 radical (unpaired) electrons. The van der Waals surface area contributed by atoms with Crippen LogP contribution in [0.25, 0.3) is 0 Å². The lowest BCUT2D eigenvalue weighted by Crippen LogP contribution is -2.72. The van der Waals surface area contributed by atoms with Gasteiger partial charge in [-0.1, -0.05) is 58.0 Å². The molecular formula is C29H45NO9SSi. The fraction of sp³-hybridized carbons (Fsp3) is 0.621. The lowest BCUT2D eigenvalue weighted by Gasteiger charge is -2.54. The van der Waals surface area contributed by atoms with Gasteiger partial charge in [0.1, 0.15) is 6.61 Å². The SMILES string of the molecule is CCOC(=O)OC/C=C/[C@H](C)[C@@H]1[C@@H]([C@@H](C)O[Si](C)(C)C(C)(C)C)C(=O)N1C(C(=O)OCC)S(=O)(=O)c1ccccc1. The first-order valence-electron chi connectivity index (χ1n) is 13.9. The van der Waals surface area contributed by atoms with Crippen LogP contribution in [0.15, 0.2) is 47.4 Å². The van der Waals surface area contributed by atoms with Crippen LogP contribution >= 0.6 is 0 Å².